The smallest absolute Gasteiger partial charge is 0.248 e. The fourth-order valence-electron chi connectivity index (χ4n) is 2.48. The lowest BCUT2D eigenvalue weighted by Crippen LogP contribution is -2.14. The summed E-state index contributed by atoms with van der Waals surface area (Å²) in [7, 11) is 0. The fourth-order valence-corrected chi connectivity index (χ4v) is 3.42. The predicted octanol–water partition coefficient (Wildman–Crippen LogP) is 5.72. The summed E-state index contributed by atoms with van der Waals surface area (Å²) >= 11 is 7.43. The molecule has 0 unspecified atom stereocenters. The Hall–Kier alpha value is -3.02. The Morgan fingerprint density at radius 1 is 0.897 bits per heavy atom. The molecule has 0 spiro atoms. The number of carbonyl (C=O) groups is 2. The van der Waals surface area contributed by atoms with Crippen LogP contribution in [0.4, 0.5) is 11.4 Å². The van der Waals surface area contributed by atoms with Crippen LogP contribution >= 0.6 is 23.4 Å². The minimum absolute atomic E-state index is 0.150. The van der Waals surface area contributed by atoms with Gasteiger partial charge < -0.3 is 10.6 Å². The van der Waals surface area contributed by atoms with Crippen molar-refractivity contribution in [2.24, 2.45) is 0 Å². The van der Waals surface area contributed by atoms with E-state index in [1.807, 2.05) is 66.7 Å². The highest BCUT2D eigenvalue weighted by atomic mass is 35.5. The predicted molar refractivity (Wildman–Crippen MR) is 121 cm³/mol. The zero-order chi connectivity index (χ0) is 20.5. The number of carbonyl (C=O) groups excluding carboxylic acids is 2. The minimum Gasteiger partial charge on any atom is -0.324 e. The van der Waals surface area contributed by atoms with E-state index in [1.54, 1.807) is 18.2 Å². The molecule has 0 aliphatic carbocycles. The van der Waals surface area contributed by atoms with Crippen LogP contribution in [0.5, 0.6) is 0 Å². The number of para-hydroxylation sites is 1. The van der Waals surface area contributed by atoms with Crippen molar-refractivity contribution in [3.63, 3.8) is 0 Å². The van der Waals surface area contributed by atoms with Gasteiger partial charge in [-0.2, -0.15) is 0 Å². The number of rotatable bonds is 7. The third kappa shape index (κ3) is 6.82. The topological polar surface area (TPSA) is 58.2 Å². The van der Waals surface area contributed by atoms with Crippen LogP contribution < -0.4 is 10.6 Å². The average Bonchev–Trinajstić information content (AvgIpc) is 2.73. The summed E-state index contributed by atoms with van der Waals surface area (Å²) < 4.78 is 0. The first kappa shape index (κ1) is 20.7. The highest BCUT2D eigenvalue weighted by Crippen LogP contribution is 2.24. The van der Waals surface area contributed by atoms with E-state index in [9.17, 15) is 9.59 Å². The van der Waals surface area contributed by atoms with Gasteiger partial charge in [-0.1, -0.05) is 60.1 Å². The van der Waals surface area contributed by atoms with Crippen molar-refractivity contribution in [3.05, 3.63) is 95.5 Å². The molecule has 0 saturated carbocycles. The number of hydrogen-bond donors (Lipinski definition) is 2. The first-order chi connectivity index (χ1) is 14.1. The Morgan fingerprint density at radius 2 is 1.66 bits per heavy atom. The Kier molecular flexibility index (Phi) is 7.50. The van der Waals surface area contributed by atoms with Gasteiger partial charge >= 0.3 is 0 Å². The van der Waals surface area contributed by atoms with Crippen molar-refractivity contribution in [2.45, 2.75) is 4.90 Å². The van der Waals surface area contributed by atoms with Gasteiger partial charge in [-0.15, -0.1) is 11.8 Å². The van der Waals surface area contributed by atoms with Gasteiger partial charge in [-0.25, -0.2) is 0 Å². The summed E-state index contributed by atoms with van der Waals surface area (Å²) in [5.41, 5.74) is 2.21. The second kappa shape index (κ2) is 10.5. The van der Waals surface area contributed by atoms with Crippen molar-refractivity contribution < 1.29 is 9.59 Å². The zero-order valence-corrected chi connectivity index (χ0v) is 17.0. The number of anilines is 2. The number of amides is 2. The quantitative estimate of drug-likeness (QED) is 0.378. The van der Waals surface area contributed by atoms with Crippen molar-refractivity contribution in [1.29, 1.82) is 0 Å². The molecule has 146 valence electrons. The summed E-state index contributed by atoms with van der Waals surface area (Å²) in [6.45, 7) is 0. The van der Waals surface area contributed by atoms with Crippen LogP contribution in [0.15, 0.2) is 89.8 Å². The van der Waals surface area contributed by atoms with E-state index >= 15 is 0 Å². The number of nitrogens with one attached hydrogen (secondary N) is 2. The fraction of sp³-hybridized carbons (Fsp3) is 0.0435. The van der Waals surface area contributed by atoms with Gasteiger partial charge in [0.15, 0.2) is 0 Å². The normalized spacial score (nSPS) is 10.7. The summed E-state index contributed by atoms with van der Waals surface area (Å²) in [6.07, 6.45) is 3.25. The van der Waals surface area contributed by atoms with Crippen molar-refractivity contribution in [2.75, 3.05) is 16.4 Å². The Morgan fingerprint density at radius 3 is 2.45 bits per heavy atom. The second-order valence-electron chi connectivity index (χ2n) is 6.08. The molecule has 0 fully saturated rings. The van der Waals surface area contributed by atoms with Gasteiger partial charge in [0.2, 0.25) is 11.8 Å². The molecule has 0 heterocycles. The maximum Gasteiger partial charge on any atom is 0.248 e. The first-order valence-electron chi connectivity index (χ1n) is 8.91. The molecule has 0 aromatic heterocycles. The lowest BCUT2D eigenvalue weighted by atomic mass is 10.2. The lowest BCUT2D eigenvalue weighted by Gasteiger charge is -2.08. The largest absolute Gasteiger partial charge is 0.324 e. The molecule has 4 nitrogen and oxygen atoms in total. The number of benzene rings is 3. The van der Waals surface area contributed by atoms with E-state index in [0.29, 0.717) is 16.4 Å². The van der Waals surface area contributed by atoms with Crippen LogP contribution in [0.2, 0.25) is 5.02 Å². The Bertz CT molecular complexity index is 1020. The van der Waals surface area contributed by atoms with E-state index in [1.165, 1.54) is 17.8 Å². The molecule has 6 heteroatoms. The summed E-state index contributed by atoms with van der Waals surface area (Å²) in [5.74, 6) is -0.132. The van der Waals surface area contributed by atoms with Gasteiger partial charge in [-0.05, 0) is 42.0 Å². The van der Waals surface area contributed by atoms with E-state index in [2.05, 4.69) is 10.6 Å². The minimum atomic E-state index is -0.215. The van der Waals surface area contributed by atoms with E-state index in [4.69, 9.17) is 11.6 Å². The summed E-state index contributed by atoms with van der Waals surface area (Å²) in [6, 6.07) is 24.1. The van der Waals surface area contributed by atoms with Gasteiger partial charge in [0.1, 0.15) is 0 Å². The monoisotopic (exact) mass is 422 g/mol. The van der Waals surface area contributed by atoms with Crippen LogP contribution in [0.3, 0.4) is 0 Å². The van der Waals surface area contributed by atoms with Crippen LogP contribution in [-0.4, -0.2) is 17.6 Å². The molecule has 0 aliphatic rings. The Labute approximate surface area is 179 Å². The molecule has 0 saturated heterocycles. The molecule has 3 rings (SSSR count). The number of hydrogen-bond acceptors (Lipinski definition) is 3. The lowest BCUT2D eigenvalue weighted by molar-refractivity contribution is -0.114. The van der Waals surface area contributed by atoms with Gasteiger partial charge in [-0.3, -0.25) is 9.59 Å². The van der Waals surface area contributed by atoms with Crippen LogP contribution in [0, 0.1) is 0 Å². The first-order valence-corrected chi connectivity index (χ1v) is 10.3. The number of thioether (sulfide) groups is 1. The van der Waals surface area contributed by atoms with E-state index in [-0.39, 0.29) is 17.6 Å². The molecule has 0 atom stereocenters. The average molecular weight is 423 g/mol. The molecular weight excluding hydrogens is 404 g/mol. The van der Waals surface area contributed by atoms with Crippen molar-refractivity contribution in [3.8, 4) is 0 Å². The SMILES string of the molecule is O=C(/C=C/c1ccccc1)Nc1cccc(SCC(=O)Nc2ccccc2Cl)c1. The molecule has 29 heavy (non-hydrogen) atoms. The molecule has 3 aromatic rings. The third-order valence-electron chi connectivity index (χ3n) is 3.85. The number of halogens is 1. The molecule has 2 amide bonds. The Balaban J connectivity index is 1.52. The summed E-state index contributed by atoms with van der Waals surface area (Å²) in [5, 5.41) is 6.12. The van der Waals surface area contributed by atoms with Crippen LogP contribution in [0.1, 0.15) is 5.56 Å². The highest BCUT2D eigenvalue weighted by molar-refractivity contribution is 8.00. The highest BCUT2D eigenvalue weighted by Gasteiger charge is 2.07. The van der Waals surface area contributed by atoms with E-state index in [0.717, 1.165) is 10.5 Å². The molecular formula is C23H19ClN2O2S. The molecule has 2 N–H and O–H groups in total. The molecule has 0 aliphatic heterocycles. The second-order valence-corrected chi connectivity index (χ2v) is 7.53. The van der Waals surface area contributed by atoms with Crippen LogP contribution in [-0.2, 0) is 9.59 Å². The van der Waals surface area contributed by atoms with Gasteiger partial charge in [0.05, 0.1) is 16.5 Å². The summed E-state index contributed by atoms with van der Waals surface area (Å²) in [4.78, 5) is 25.1. The van der Waals surface area contributed by atoms with Crippen molar-refractivity contribution >= 4 is 52.6 Å². The third-order valence-corrected chi connectivity index (χ3v) is 5.17. The van der Waals surface area contributed by atoms with Crippen LogP contribution in [0.25, 0.3) is 6.08 Å². The maximum absolute atomic E-state index is 12.2. The zero-order valence-electron chi connectivity index (χ0n) is 15.5. The van der Waals surface area contributed by atoms with E-state index < -0.39 is 0 Å². The standard InChI is InChI=1S/C23H19ClN2O2S/c24-20-11-4-5-12-21(20)26-23(28)16-29-19-10-6-9-18(15-19)25-22(27)14-13-17-7-2-1-3-8-17/h1-15H,16H2,(H,25,27)(H,26,28)/b14-13+. The van der Waals surface area contributed by atoms with Gasteiger partial charge in [0.25, 0.3) is 0 Å². The van der Waals surface area contributed by atoms with Gasteiger partial charge in [0, 0.05) is 16.7 Å². The molecule has 3 aromatic carbocycles. The van der Waals surface area contributed by atoms with Crippen molar-refractivity contribution in [1.82, 2.24) is 0 Å². The molecule has 0 radical (unpaired) electrons. The molecule has 0 bridgehead atoms. The maximum atomic E-state index is 12.2.